The molecule has 0 radical (unpaired) electrons. The molecule has 0 amide bonds. The van der Waals surface area contributed by atoms with Gasteiger partial charge in [-0.15, -0.1) is 0 Å². The zero-order chi connectivity index (χ0) is 18.7. The fraction of sp³-hybridized carbons (Fsp3) is 0.625. The van der Waals surface area contributed by atoms with Crippen molar-refractivity contribution >= 4 is 10.0 Å². The zero-order valence-corrected chi connectivity index (χ0v) is 15.1. The number of sulfonamides is 1. The van der Waals surface area contributed by atoms with Crippen LogP contribution in [0.4, 0.5) is 13.2 Å². The van der Waals surface area contributed by atoms with E-state index in [0.717, 1.165) is 5.56 Å². The number of halogens is 3. The lowest BCUT2D eigenvalue weighted by Gasteiger charge is -2.40. The Morgan fingerprint density at radius 1 is 1.16 bits per heavy atom. The van der Waals surface area contributed by atoms with E-state index in [1.807, 2.05) is 4.72 Å². The van der Waals surface area contributed by atoms with Gasteiger partial charge < -0.3 is 4.74 Å². The lowest BCUT2D eigenvalue weighted by molar-refractivity contribution is -0.198. The minimum atomic E-state index is -4.72. The Labute approximate surface area is 146 Å². The van der Waals surface area contributed by atoms with Crippen LogP contribution in [0.25, 0.3) is 0 Å². The number of morpholine rings is 1. The van der Waals surface area contributed by atoms with Gasteiger partial charge in [-0.2, -0.15) is 17.9 Å². The van der Waals surface area contributed by atoms with Gasteiger partial charge >= 0.3 is 6.18 Å². The van der Waals surface area contributed by atoms with Crippen LogP contribution in [0.5, 0.6) is 0 Å². The Balaban J connectivity index is 2.33. The number of nitrogens with zero attached hydrogens (tertiary/aromatic N) is 1. The Morgan fingerprint density at radius 3 is 2.20 bits per heavy atom. The number of ether oxygens (including phenoxy) is 1. The predicted molar refractivity (Wildman–Crippen MR) is 87.8 cm³/mol. The molecule has 1 aromatic carbocycles. The lowest BCUT2D eigenvalue weighted by atomic mass is 9.95. The average molecular weight is 380 g/mol. The summed E-state index contributed by atoms with van der Waals surface area (Å²) >= 11 is 0. The van der Waals surface area contributed by atoms with Gasteiger partial charge in [-0.1, -0.05) is 24.6 Å². The highest BCUT2D eigenvalue weighted by molar-refractivity contribution is 7.89. The Kier molecular flexibility index (Phi) is 6.13. The van der Waals surface area contributed by atoms with Crippen molar-refractivity contribution < 1.29 is 26.3 Å². The number of hydrogen-bond acceptors (Lipinski definition) is 4. The van der Waals surface area contributed by atoms with E-state index in [1.54, 1.807) is 24.0 Å². The molecule has 0 spiro atoms. The summed E-state index contributed by atoms with van der Waals surface area (Å²) in [6, 6.07) is 5.72. The monoisotopic (exact) mass is 380 g/mol. The molecule has 0 aromatic heterocycles. The maximum atomic E-state index is 13.9. The third kappa shape index (κ3) is 4.72. The Hall–Kier alpha value is -1.16. The molecule has 0 aliphatic carbocycles. The second-order valence-electron chi connectivity index (χ2n) is 6.24. The zero-order valence-electron chi connectivity index (χ0n) is 14.3. The fourth-order valence-electron chi connectivity index (χ4n) is 2.74. The number of alkyl halides is 3. The van der Waals surface area contributed by atoms with Crippen molar-refractivity contribution in [2.45, 2.75) is 36.9 Å². The predicted octanol–water partition coefficient (Wildman–Crippen LogP) is 2.32. The molecule has 2 rings (SSSR count). The van der Waals surface area contributed by atoms with E-state index >= 15 is 0 Å². The molecular weight excluding hydrogens is 357 g/mol. The van der Waals surface area contributed by atoms with Crippen LogP contribution in [0.3, 0.4) is 0 Å². The summed E-state index contributed by atoms with van der Waals surface area (Å²) in [6.07, 6.45) is -5.13. The molecule has 0 saturated carbocycles. The first-order valence-electron chi connectivity index (χ1n) is 8.07. The van der Waals surface area contributed by atoms with Crippen LogP contribution in [0.15, 0.2) is 29.2 Å². The highest BCUT2D eigenvalue weighted by Gasteiger charge is 2.56. The fourth-order valence-corrected chi connectivity index (χ4v) is 4.19. The number of rotatable bonds is 6. The van der Waals surface area contributed by atoms with Gasteiger partial charge in [-0.3, -0.25) is 4.90 Å². The van der Waals surface area contributed by atoms with Crippen LogP contribution in [0.2, 0.25) is 0 Å². The minimum absolute atomic E-state index is 0.179. The topological polar surface area (TPSA) is 58.6 Å². The SMILES string of the molecule is CC[C@@](CN1CCOCC1)(NS(=O)(=O)c1ccc(C)cc1)C(F)(F)F. The second kappa shape index (κ2) is 7.61. The van der Waals surface area contributed by atoms with E-state index in [2.05, 4.69) is 0 Å². The molecule has 0 unspecified atom stereocenters. The molecule has 142 valence electrons. The molecule has 25 heavy (non-hydrogen) atoms. The number of hydrogen-bond donors (Lipinski definition) is 1. The molecule has 1 N–H and O–H groups in total. The summed E-state index contributed by atoms with van der Waals surface area (Å²) in [5.74, 6) is 0. The van der Waals surface area contributed by atoms with E-state index in [4.69, 9.17) is 4.74 Å². The normalized spacial score (nSPS) is 19.6. The molecule has 5 nitrogen and oxygen atoms in total. The number of aryl methyl sites for hydroxylation is 1. The van der Waals surface area contributed by atoms with Gasteiger partial charge in [-0.05, 0) is 25.5 Å². The molecule has 1 aliphatic heterocycles. The van der Waals surface area contributed by atoms with Gasteiger partial charge in [0.25, 0.3) is 0 Å². The van der Waals surface area contributed by atoms with Gasteiger partial charge in [0.05, 0.1) is 18.1 Å². The average Bonchev–Trinajstić information content (AvgIpc) is 2.54. The summed E-state index contributed by atoms with van der Waals surface area (Å²) in [5, 5.41) is 0. The van der Waals surface area contributed by atoms with E-state index in [-0.39, 0.29) is 4.90 Å². The third-order valence-corrected chi connectivity index (χ3v) is 5.96. The van der Waals surface area contributed by atoms with Gasteiger partial charge in [0.15, 0.2) is 0 Å². The number of nitrogens with one attached hydrogen (secondary N) is 1. The summed E-state index contributed by atoms with van der Waals surface area (Å²) in [4.78, 5) is 1.40. The van der Waals surface area contributed by atoms with Crippen molar-refractivity contribution in [3.63, 3.8) is 0 Å². The van der Waals surface area contributed by atoms with Crippen molar-refractivity contribution in [1.82, 2.24) is 9.62 Å². The largest absolute Gasteiger partial charge is 0.408 e. The number of benzene rings is 1. The standard InChI is InChI=1S/C16H23F3N2O3S/c1-3-15(16(17,18)19,12-21-8-10-24-11-9-21)20-25(22,23)14-6-4-13(2)5-7-14/h4-7,20H,3,8-12H2,1-2H3/t15-/m0/s1. The minimum Gasteiger partial charge on any atom is -0.379 e. The van der Waals surface area contributed by atoms with Crippen LogP contribution < -0.4 is 4.72 Å². The first kappa shape index (κ1) is 20.2. The third-order valence-electron chi connectivity index (χ3n) is 4.40. The summed E-state index contributed by atoms with van der Waals surface area (Å²) < 4.78 is 73.8. The summed E-state index contributed by atoms with van der Waals surface area (Å²) in [7, 11) is -4.31. The molecule has 1 fully saturated rings. The van der Waals surface area contributed by atoms with Gasteiger partial charge in [0, 0.05) is 19.6 Å². The van der Waals surface area contributed by atoms with E-state index in [1.165, 1.54) is 19.1 Å². The molecule has 1 saturated heterocycles. The van der Waals surface area contributed by atoms with Gasteiger partial charge in [0.2, 0.25) is 10.0 Å². The Morgan fingerprint density at radius 2 is 1.72 bits per heavy atom. The highest BCUT2D eigenvalue weighted by Crippen LogP contribution is 2.35. The highest BCUT2D eigenvalue weighted by atomic mass is 32.2. The first-order chi connectivity index (χ1) is 11.6. The van der Waals surface area contributed by atoms with Crippen molar-refractivity contribution in [3.05, 3.63) is 29.8 Å². The Bertz CT molecular complexity index is 671. The molecule has 1 atom stereocenters. The van der Waals surface area contributed by atoms with Crippen LogP contribution in [-0.2, 0) is 14.8 Å². The van der Waals surface area contributed by atoms with Crippen LogP contribution >= 0.6 is 0 Å². The van der Waals surface area contributed by atoms with Crippen molar-refractivity contribution in [1.29, 1.82) is 0 Å². The molecule has 1 aromatic rings. The molecule has 1 aliphatic rings. The van der Waals surface area contributed by atoms with Crippen LogP contribution in [0, 0.1) is 6.92 Å². The molecule has 9 heteroatoms. The maximum Gasteiger partial charge on any atom is 0.408 e. The van der Waals surface area contributed by atoms with E-state index in [0.29, 0.717) is 26.3 Å². The van der Waals surface area contributed by atoms with Crippen molar-refractivity contribution in [2.75, 3.05) is 32.8 Å². The summed E-state index contributed by atoms with van der Waals surface area (Å²) in [6.45, 7) is 4.01. The second-order valence-corrected chi connectivity index (χ2v) is 7.92. The van der Waals surface area contributed by atoms with E-state index < -0.39 is 34.7 Å². The molecule has 0 bridgehead atoms. The van der Waals surface area contributed by atoms with Gasteiger partial charge in [-0.25, -0.2) is 8.42 Å². The van der Waals surface area contributed by atoms with Crippen LogP contribution in [-0.4, -0.2) is 57.9 Å². The van der Waals surface area contributed by atoms with Crippen molar-refractivity contribution in [2.24, 2.45) is 0 Å². The van der Waals surface area contributed by atoms with Gasteiger partial charge in [0.1, 0.15) is 5.54 Å². The van der Waals surface area contributed by atoms with Crippen molar-refractivity contribution in [3.8, 4) is 0 Å². The molecular formula is C16H23F3N2O3S. The molecule has 1 heterocycles. The quantitative estimate of drug-likeness (QED) is 0.823. The lowest BCUT2D eigenvalue weighted by Crippen LogP contribution is -2.64. The summed E-state index contributed by atoms with van der Waals surface area (Å²) in [5.41, 5.74) is -1.72. The first-order valence-corrected chi connectivity index (χ1v) is 9.55. The van der Waals surface area contributed by atoms with E-state index in [9.17, 15) is 21.6 Å². The smallest absolute Gasteiger partial charge is 0.379 e. The van der Waals surface area contributed by atoms with Crippen LogP contribution in [0.1, 0.15) is 18.9 Å². The maximum absolute atomic E-state index is 13.9.